The Hall–Kier alpha value is -4.11. The Balaban J connectivity index is 1.22. The van der Waals surface area contributed by atoms with Gasteiger partial charge in [-0.15, -0.1) is 0 Å². The second-order valence-electron chi connectivity index (χ2n) is 10.2. The molecule has 1 unspecified atom stereocenters. The van der Waals surface area contributed by atoms with Gasteiger partial charge in [0.2, 0.25) is 0 Å². The summed E-state index contributed by atoms with van der Waals surface area (Å²) in [4.78, 5) is 28.8. The number of esters is 1. The van der Waals surface area contributed by atoms with Crippen LogP contribution in [0.15, 0.2) is 72.9 Å². The summed E-state index contributed by atoms with van der Waals surface area (Å²) in [5, 5.41) is 0. The topological polar surface area (TPSA) is 74.3 Å². The Bertz CT molecular complexity index is 1500. The number of allylic oxidation sites excluding steroid dienone is 2. The second-order valence-corrected chi connectivity index (χ2v) is 10.2. The molecule has 0 saturated carbocycles. The van der Waals surface area contributed by atoms with Crippen molar-refractivity contribution < 1.29 is 18.3 Å². The maximum Gasteiger partial charge on any atom is 0.307 e. The predicted molar refractivity (Wildman–Crippen MR) is 158 cm³/mol. The van der Waals surface area contributed by atoms with E-state index in [-0.39, 0.29) is 11.5 Å². The number of imidazole rings is 1. The smallest absolute Gasteiger partial charge is 0.307 e. The van der Waals surface area contributed by atoms with Crippen LogP contribution in [-0.4, -0.2) is 71.8 Å². The largest absolute Gasteiger partial charge is 0.466 e. The van der Waals surface area contributed by atoms with Crippen LogP contribution in [0.5, 0.6) is 0 Å². The zero-order chi connectivity index (χ0) is 28.8. The van der Waals surface area contributed by atoms with Gasteiger partial charge in [0.15, 0.2) is 5.67 Å². The van der Waals surface area contributed by atoms with Crippen LogP contribution in [0, 0.1) is 0 Å². The van der Waals surface area contributed by atoms with Gasteiger partial charge in [-0.05, 0) is 55.3 Å². The number of H-pyrrole nitrogens is 1. The van der Waals surface area contributed by atoms with Gasteiger partial charge in [-0.1, -0.05) is 36.4 Å². The number of aromatic nitrogens is 3. The number of carbonyl (C=O) groups is 1. The summed E-state index contributed by atoms with van der Waals surface area (Å²) in [6.45, 7) is 6.99. The number of halogens is 2. The van der Waals surface area contributed by atoms with Gasteiger partial charge in [0.05, 0.1) is 24.1 Å². The Morgan fingerprint density at radius 2 is 1.78 bits per heavy atom. The van der Waals surface area contributed by atoms with E-state index in [4.69, 9.17) is 9.72 Å². The molecular formula is C32H35F2N5O2. The fourth-order valence-corrected chi connectivity index (χ4v) is 5.13. The van der Waals surface area contributed by atoms with Crippen molar-refractivity contribution in [2.45, 2.75) is 25.9 Å². The highest BCUT2D eigenvalue weighted by Crippen LogP contribution is 2.32. The highest BCUT2D eigenvalue weighted by molar-refractivity contribution is 5.81. The summed E-state index contributed by atoms with van der Waals surface area (Å²) in [6.07, 6.45) is 5.07. The van der Waals surface area contributed by atoms with E-state index in [9.17, 15) is 9.18 Å². The molecule has 41 heavy (non-hydrogen) atoms. The highest BCUT2D eigenvalue weighted by Gasteiger charge is 2.29. The first-order valence-electron chi connectivity index (χ1n) is 14.0. The number of rotatable bonds is 10. The van der Waals surface area contributed by atoms with Crippen molar-refractivity contribution in [3.05, 3.63) is 78.5 Å². The van der Waals surface area contributed by atoms with Crippen LogP contribution in [-0.2, 0) is 15.2 Å². The molecule has 5 rings (SSSR count). The summed E-state index contributed by atoms with van der Waals surface area (Å²) in [7, 11) is 0. The summed E-state index contributed by atoms with van der Waals surface area (Å²) >= 11 is 0. The molecule has 2 aromatic heterocycles. The second kappa shape index (κ2) is 12.6. The van der Waals surface area contributed by atoms with Crippen LogP contribution in [0.3, 0.4) is 0 Å². The lowest BCUT2D eigenvalue weighted by molar-refractivity contribution is -0.143. The minimum absolute atomic E-state index is 0.143. The van der Waals surface area contributed by atoms with E-state index in [0.717, 1.165) is 55.2 Å². The molecule has 214 valence electrons. The van der Waals surface area contributed by atoms with Gasteiger partial charge < -0.3 is 14.6 Å². The Morgan fingerprint density at radius 1 is 1.05 bits per heavy atom. The maximum absolute atomic E-state index is 15.0. The summed E-state index contributed by atoms with van der Waals surface area (Å²) in [5.74, 6) is 1.46. The first-order valence-corrected chi connectivity index (χ1v) is 14.0. The molecule has 0 amide bonds. The highest BCUT2D eigenvalue weighted by atomic mass is 19.2. The predicted octanol–water partition coefficient (Wildman–Crippen LogP) is 6.08. The van der Waals surface area contributed by atoms with Gasteiger partial charge in [-0.25, -0.2) is 18.7 Å². The number of fused-ring (bicyclic) bond motifs is 1. The third kappa shape index (κ3) is 6.46. The summed E-state index contributed by atoms with van der Waals surface area (Å²) < 4.78 is 33.5. The third-order valence-corrected chi connectivity index (χ3v) is 7.46. The minimum atomic E-state index is -2.15. The van der Waals surface area contributed by atoms with E-state index in [1.165, 1.54) is 12.2 Å². The monoisotopic (exact) mass is 559 g/mol. The van der Waals surface area contributed by atoms with E-state index in [2.05, 4.69) is 25.8 Å². The Kier molecular flexibility index (Phi) is 8.73. The van der Waals surface area contributed by atoms with Crippen molar-refractivity contribution >= 4 is 22.8 Å². The molecule has 0 aliphatic carbocycles. The fraction of sp³-hybridized carbons (Fsp3) is 0.344. The molecule has 1 atom stereocenters. The number of anilines is 1. The van der Waals surface area contributed by atoms with Crippen LogP contribution in [0.2, 0.25) is 0 Å². The molecule has 1 fully saturated rings. The van der Waals surface area contributed by atoms with Crippen LogP contribution in [0.4, 0.5) is 14.6 Å². The van der Waals surface area contributed by atoms with Crippen LogP contribution < -0.4 is 4.90 Å². The molecule has 7 nitrogen and oxygen atoms in total. The van der Waals surface area contributed by atoms with E-state index in [1.54, 1.807) is 25.1 Å². The molecule has 0 spiro atoms. The van der Waals surface area contributed by atoms with E-state index in [1.807, 2.05) is 43.5 Å². The standard InChI is InChI=1S/C32H35F2N5O2/c1-3-14-32(34,22-33)26-10-11-27-28(20-26)37-31(36-27)24-7-5-23(6-8-24)25-9-12-29(35-21-25)39-18-16-38(17-19-39)15-13-30(40)41-4-2/h3,5-12,14,20-21H,4,13,15-19,22H2,1-2H3,(H,36,37). The Morgan fingerprint density at radius 3 is 2.44 bits per heavy atom. The van der Waals surface area contributed by atoms with Gasteiger partial charge in [0.25, 0.3) is 0 Å². The molecule has 1 aliphatic rings. The lowest BCUT2D eigenvalue weighted by atomic mass is 9.96. The number of hydrogen-bond donors (Lipinski definition) is 1. The van der Waals surface area contributed by atoms with E-state index < -0.39 is 12.3 Å². The summed E-state index contributed by atoms with van der Waals surface area (Å²) in [5.41, 5.74) is 2.38. The number of alkyl halides is 2. The molecule has 3 heterocycles. The van der Waals surface area contributed by atoms with Gasteiger partial charge >= 0.3 is 5.97 Å². The number of aromatic amines is 1. The average molecular weight is 560 g/mol. The molecule has 9 heteroatoms. The van der Waals surface area contributed by atoms with Gasteiger partial charge in [-0.3, -0.25) is 9.69 Å². The number of piperazine rings is 1. The first kappa shape index (κ1) is 28.4. The molecule has 1 aliphatic heterocycles. The summed E-state index contributed by atoms with van der Waals surface area (Å²) in [6, 6.07) is 17.0. The SMILES string of the molecule is CC=CC(F)(CF)c1ccc2nc(-c3ccc(-c4ccc(N5CCN(CCC(=O)OCC)CC5)nc4)cc3)[nH]c2c1. The third-order valence-electron chi connectivity index (χ3n) is 7.46. The van der Waals surface area contributed by atoms with E-state index in [0.29, 0.717) is 29.9 Å². The maximum atomic E-state index is 15.0. The van der Waals surface area contributed by atoms with Gasteiger partial charge in [0, 0.05) is 50.0 Å². The molecule has 0 radical (unpaired) electrons. The number of nitrogens with one attached hydrogen (secondary N) is 1. The minimum Gasteiger partial charge on any atom is -0.466 e. The fourth-order valence-electron chi connectivity index (χ4n) is 5.13. The van der Waals surface area contributed by atoms with Crippen LogP contribution in [0.1, 0.15) is 25.8 Å². The number of pyridine rings is 1. The molecule has 1 N–H and O–H groups in total. The van der Waals surface area contributed by atoms with Crippen molar-refractivity contribution in [3.8, 4) is 22.5 Å². The molecule has 0 bridgehead atoms. The first-order chi connectivity index (χ1) is 19.9. The number of ether oxygens (including phenoxy) is 1. The van der Waals surface area contributed by atoms with Crippen LogP contribution in [0.25, 0.3) is 33.5 Å². The van der Waals surface area contributed by atoms with Crippen molar-refractivity contribution in [3.63, 3.8) is 0 Å². The zero-order valence-electron chi connectivity index (χ0n) is 23.4. The molecule has 2 aromatic carbocycles. The lowest BCUT2D eigenvalue weighted by Crippen LogP contribution is -2.47. The quantitative estimate of drug-likeness (QED) is 0.188. The van der Waals surface area contributed by atoms with Crippen molar-refractivity contribution in [2.75, 3.05) is 50.9 Å². The molecule has 1 saturated heterocycles. The Labute approximate surface area is 238 Å². The molecule has 4 aromatic rings. The number of benzene rings is 2. The average Bonchev–Trinajstić information content (AvgIpc) is 3.44. The van der Waals surface area contributed by atoms with E-state index >= 15 is 4.39 Å². The van der Waals surface area contributed by atoms with Crippen LogP contribution >= 0.6 is 0 Å². The van der Waals surface area contributed by atoms with Gasteiger partial charge in [0.1, 0.15) is 18.3 Å². The number of hydrogen-bond acceptors (Lipinski definition) is 6. The molecular weight excluding hydrogens is 524 g/mol. The lowest BCUT2D eigenvalue weighted by Gasteiger charge is -2.35. The van der Waals surface area contributed by atoms with Crippen molar-refractivity contribution in [1.29, 1.82) is 0 Å². The normalized spacial score (nSPS) is 15.9. The van der Waals surface area contributed by atoms with Gasteiger partial charge in [-0.2, -0.15) is 0 Å². The zero-order valence-corrected chi connectivity index (χ0v) is 23.4. The number of nitrogens with zero attached hydrogens (tertiary/aromatic N) is 4. The van der Waals surface area contributed by atoms with Crippen molar-refractivity contribution in [2.24, 2.45) is 0 Å². The van der Waals surface area contributed by atoms with Crippen molar-refractivity contribution in [1.82, 2.24) is 19.9 Å². The number of carbonyl (C=O) groups excluding carboxylic acids is 1.